The quantitative estimate of drug-likeness (QED) is 0.312. The molecule has 0 radical (unpaired) electrons. The molecule has 2 heterocycles. The van der Waals surface area contributed by atoms with Gasteiger partial charge in [0, 0.05) is 0 Å². The molecule has 26 heavy (non-hydrogen) atoms. The Morgan fingerprint density at radius 2 is 2.04 bits per heavy atom. The van der Waals surface area contributed by atoms with Crippen molar-refractivity contribution in [1.29, 1.82) is 0 Å². The lowest BCUT2D eigenvalue weighted by molar-refractivity contribution is 0.0516. The van der Waals surface area contributed by atoms with E-state index in [0.717, 1.165) is 21.8 Å². The van der Waals surface area contributed by atoms with Gasteiger partial charge in [-0.1, -0.05) is 35.0 Å². The Morgan fingerprint density at radius 1 is 1.31 bits per heavy atom. The fourth-order valence-corrected chi connectivity index (χ4v) is 3.12. The highest BCUT2D eigenvalue weighted by molar-refractivity contribution is 7.12. The average molecular weight is 389 g/mol. The van der Waals surface area contributed by atoms with Crippen LogP contribution in [-0.4, -0.2) is 21.6 Å². The molecular formula is C18H17ClN4O2S. The molecule has 0 amide bonds. The SMILES string of the molecule is Cc1nn(Cc2ccc(C(=O)O/N=C(\N)c3cccs3)cc2)c(C)c1Cl. The number of nitrogens with two attached hydrogens (primary N) is 1. The predicted molar refractivity (Wildman–Crippen MR) is 103 cm³/mol. The number of amidine groups is 1. The lowest BCUT2D eigenvalue weighted by Gasteiger charge is -2.06. The first kappa shape index (κ1) is 18.2. The molecule has 2 N–H and O–H groups in total. The number of rotatable bonds is 5. The lowest BCUT2D eigenvalue weighted by Crippen LogP contribution is -2.13. The summed E-state index contributed by atoms with van der Waals surface area (Å²) in [7, 11) is 0. The zero-order valence-electron chi connectivity index (χ0n) is 14.3. The van der Waals surface area contributed by atoms with Gasteiger partial charge >= 0.3 is 5.97 Å². The van der Waals surface area contributed by atoms with Crippen molar-refractivity contribution in [3.05, 3.63) is 74.2 Å². The predicted octanol–water partition coefficient (Wildman–Crippen LogP) is 3.74. The van der Waals surface area contributed by atoms with Crippen LogP contribution in [0, 0.1) is 13.8 Å². The molecule has 0 aliphatic heterocycles. The monoisotopic (exact) mass is 388 g/mol. The topological polar surface area (TPSA) is 82.5 Å². The van der Waals surface area contributed by atoms with Gasteiger partial charge in [0.1, 0.15) is 0 Å². The summed E-state index contributed by atoms with van der Waals surface area (Å²) in [6, 6.07) is 10.7. The molecule has 2 aromatic heterocycles. The second kappa shape index (κ2) is 7.72. The van der Waals surface area contributed by atoms with Gasteiger partial charge < -0.3 is 10.6 Å². The van der Waals surface area contributed by atoms with E-state index in [-0.39, 0.29) is 5.84 Å². The number of thiophene rings is 1. The van der Waals surface area contributed by atoms with Crippen LogP contribution in [0.25, 0.3) is 0 Å². The number of aromatic nitrogens is 2. The summed E-state index contributed by atoms with van der Waals surface area (Å²) in [6.07, 6.45) is 0. The van der Waals surface area contributed by atoms with Crippen LogP contribution in [0.1, 0.15) is 32.2 Å². The Labute approximate surface area is 159 Å². The Morgan fingerprint density at radius 3 is 2.62 bits per heavy atom. The van der Waals surface area contributed by atoms with Crippen LogP contribution in [0.3, 0.4) is 0 Å². The number of hydrogen-bond donors (Lipinski definition) is 1. The van der Waals surface area contributed by atoms with E-state index in [1.165, 1.54) is 11.3 Å². The first-order chi connectivity index (χ1) is 12.5. The van der Waals surface area contributed by atoms with Gasteiger partial charge in [0.25, 0.3) is 0 Å². The standard InChI is InChI=1S/C18H17ClN4O2S/c1-11-16(19)12(2)23(21-11)10-13-5-7-14(8-6-13)18(24)25-22-17(20)15-4-3-9-26-15/h3-9H,10H2,1-2H3,(H2,20,22). The van der Waals surface area contributed by atoms with E-state index in [9.17, 15) is 4.79 Å². The van der Waals surface area contributed by atoms with Gasteiger partial charge in [-0.2, -0.15) is 5.10 Å². The van der Waals surface area contributed by atoms with Crippen LogP contribution >= 0.6 is 22.9 Å². The summed E-state index contributed by atoms with van der Waals surface area (Å²) in [5, 5.41) is 10.6. The zero-order valence-corrected chi connectivity index (χ0v) is 15.8. The third-order valence-corrected chi connectivity index (χ3v) is 5.26. The molecule has 0 bridgehead atoms. The second-order valence-electron chi connectivity index (χ2n) is 5.67. The molecule has 0 aliphatic rings. The van der Waals surface area contributed by atoms with Gasteiger partial charge in [-0.05, 0) is 43.0 Å². The molecule has 0 saturated carbocycles. The van der Waals surface area contributed by atoms with Crippen LogP contribution < -0.4 is 5.73 Å². The Balaban J connectivity index is 1.66. The van der Waals surface area contributed by atoms with E-state index < -0.39 is 5.97 Å². The maximum atomic E-state index is 12.1. The van der Waals surface area contributed by atoms with Crippen LogP contribution in [0.15, 0.2) is 46.9 Å². The van der Waals surface area contributed by atoms with E-state index in [2.05, 4.69) is 10.3 Å². The van der Waals surface area contributed by atoms with Crippen LogP contribution in [0.2, 0.25) is 5.02 Å². The van der Waals surface area contributed by atoms with Crippen LogP contribution in [0.5, 0.6) is 0 Å². The van der Waals surface area contributed by atoms with Crippen molar-refractivity contribution in [1.82, 2.24) is 9.78 Å². The van der Waals surface area contributed by atoms with Crippen molar-refractivity contribution >= 4 is 34.7 Å². The number of nitrogens with zero attached hydrogens (tertiary/aromatic N) is 3. The molecule has 0 aliphatic carbocycles. The molecular weight excluding hydrogens is 372 g/mol. The fraction of sp³-hybridized carbons (Fsp3) is 0.167. The number of hydrogen-bond acceptors (Lipinski definition) is 5. The smallest absolute Gasteiger partial charge is 0.365 e. The zero-order chi connectivity index (χ0) is 18.7. The van der Waals surface area contributed by atoms with Gasteiger partial charge in [0.05, 0.1) is 33.4 Å². The normalized spacial score (nSPS) is 11.6. The molecule has 8 heteroatoms. The summed E-state index contributed by atoms with van der Waals surface area (Å²) in [5.41, 5.74) is 8.85. The van der Waals surface area contributed by atoms with Gasteiger partial charge in [-0.3, -0.25) is 4.68 Å². The van der Waals surface area contributed by atoms with E-state index in [1.54, 1.807) is 18.2 Å². The number of halogens is 1. The first-order valence-corrected chi connectivity index (χ1v) is 9.08. The number of carbonyl (C=O) groups excluding carboxylic acids is 1. The van der Waals surface area contributed by atoms with Crippen molar-refractivity contribution in [3.63, 3.8) is 0 Å². The van der Waals surface area contributed by atoms with E-state index in [0.29, 0.717) is 17.1 Å². The van der Waals surface area contributed by atoms with Gasteiger partial charge in [0.2, 0.25) is 0 Å². The summed E-state index contributed by atoms with van der Waals surface area (Å²) < 4.78 is 1.83. The minimum atomic E-state index is -0.565. The van der Waals surface area contributed by atoms with Gasteiger partial charge in [-0.25, -0.2) is 4.79 Å². The third kappa shape index (κ3) is 3.95. The molecule has 0 atom stereocenters. The molecule has 0 saturated heterocycles. The maximum absolute atomic E-state index is 12.1. The minimum Gasteiger partial charge on any atom is -0.380 e. The van der Waals surface area contributed by atoms with Gasteiger partial charge in [0.15, 0.2) is 5.84 Å². The van der Waals surface area contributed by atoms with Crippen molar-refractivity contribution in [2.45, 2.75) is 20.4 Å². The number of benzene rings is 1. The largest absolute Gasteiger partial charge is 0.380 e. The Hall–Kier alpha value is -2.64. The molecule has 134 valence electrons. The van der Waals surface area contributed by atoms with E-state index in [4.69, 9.17) is 22.2 Å². The Kier molecular flexibility index (Phi) is 5.39. The minimum absolute atomic E-state index is 0.173. The van der Waals surface area contributed by atoms with Crippen LogP contribution in [-0.2, 0) is 11.4 Å². The highest BCUT2D eigenvalue weighted by Gasteiger charge is 2.11. The van der Waals surface area contributed by atoms with Crippen molar-refractivity contribution in [3.8, 4) is 0 Å². The number of carbonyl (C=O) groups is 1. The molecule has 1 aromatic carbocycles. The number of oxime groups is 1. The van der Waals surface area contributed by atoms with Crippen molar-refractivity contribution in [2.75, 3.05) is 0 Å². The maximum Gasteiger partial charge on any atom is 0.365 e. The van der Waals surface area contributed by atoms with Gasteiger partial charge in [-0.15, -0.1) is 11.3 Å². The van der Waals surface area contributed by atoms with Crippen molar-refractivity contribution in [2.24, 2.45) is 10.9 Å². The average Bonchev–Trinajstić information content (AvgIpc) is 3.26. The van der Waals surface area contributed by atoms with E-state index in [1.807, 2.05) is 42.1 Å². The summed E-state index contributed by atoms with van der Waals surface area (Å²) in [6.45, 7) is 4.36. The highest BCUT2D eigenvalue weighted by atomic mass is 35.5. The first-order valence-electron chi connectivity index (χ1n) is 7.83. The molecule has 0 spiro atoms. The molecule has 3 rings (SSSR count). The summed E-state index contributed by atoms with van der Waals surface area (Å²) in [5.74, 6) is -0.392. The fourth-order valence-electron chi connectivity index (χ4n) is 2.36. The summed E-state index contributed by atoms with van der Waals surface area (Å²) in [4.78, 5) is 17.7. The van der Waals surface area contributed by atoms with Crippen LogP contribution in [0.4, 0.5) is 0 Å². The molecule has 0 unspecified atom stereocenters. The molecule has 0 fully saturated rings. The third-order valence-electron chi connectivity index (χ3n) is 3.82. The molecule has 6 nitrogen and oxygen atoms in total. The number of aryl methyl sites for hydroxylation is 1. The molecule has 3 aromatic rings. The summed E-state index contributed by atoms with van der Waals surface area (Å²) >= 11 is 7.58. The second-order valence-corrected chi connectivity index (χ2v) is 7.00. The van der Waals surface area contributed by atoms with E-state index >= 15 is 0 Å². The van der Waals surface area contributed by atoms with Crippen molar-refractivity contribution < 1.29 is 9.63 Å². The highest BCUT2D eigenvalue weighted by Crippen LogP contribution is 2.20. The Bertz CT molecular complexity index is 946. The lowest BCUT2D eigenvalue weighted by atomic mass is 10.1.